The zero-order chi connectivity index (χ0) is 12.3. The zero-order valence-electron chi connectivity index (χ0n) is 10.3. The van der Waals surface area contributed by atoms with Crippen LogP contribution in [0.25, 0.3) is 0 Å². The predicted molar refractivity (Wildman–Crippen MR) is 66.4 cm³/mol. The Morgan fingerprint density at radius 2 is 2.00 bits per heavy atom. The van der Waals surface area contributed by atoms with Gasteiger partial charge in [-0.2, -0.15) is 0 Å². The van der Waals surface area contributed by atoms with Crippen LogP contribution in [0.3, 0.4) is 0 Å². The lowest BCUT2D eigenvalue weighted by Gasteiger charge is -2.20. The Labute approximate surface area is 102 Å². The van der Waals surface area contributed by atoms with Gasteiger partial charge in [-0.15, -0.1) is 0 Å². The average Bonchev–Trinajstić information content (AvgIpc) is 2.34. The number of Topliss-reactive ketones (excluding diaryl/α,β-unsaturated/α-hetero) is 1. The molecule has 1 nitrogen and oxygen atoms in total. The van der Waals surface area contributed by atoms with Gasteiger partial charge in [0.05, 0.1) is 0 Å². The molecule has 1 fully saturated rings. The third kappa shape index (κ3) is 3.15. The van der Waals surface area contributed by atoms with E-state index in [4.69, 9.17) is 0 Å². The fourth-order valence-corrected chi connectivity index (χ4v) is 2.61. The molecule has 0 saturated heterocycles. The Bertz CT molecular complexity index is 405. The summed E-state index contributed by atoms with van der Waals surface area (Å²) in [7, 11) is 0. The minimum absolute atomic E-state index is 0.226. The molecule has 0 spiro atoms. The molecule has 0 aliphatic heterocycles. The van der Waals surface area contributed by atoms with Gasteiger partial charge in [0, 0.05) is 12.3 Å². The van der Waals surface area contributed by atoms with E-state index in [1.165, 1.54) is 31.4 Å². The first-order valence-electron chi connectivity index (χ1n) is 6.44. The quantitative estimate of drug-likeness (QED) is 0.777. The van der Waals surface area contributed by atoms with E-state index in [9.17, 15) is 9.18 Å². The first-order chi connectivity index (χ1) is 8.16. The smallest absolute Gasteiger partial charge is 0.140 e. The Morgan fingerprint density at radius 3 is 2.65 bits per heavy atom. The molecule has 92 valence electrons. The average molecular weight is 234 g/mol. The molecule has 1 aliphatic rings. The van der Waals surface area contributed by atoms with Crippen LogP contribution >= 0.6 is 0 Å². The van der Waals surface area contributed by atoms with Gasteiger partial charge in [0.15, 0.2) is 0 Å². The monoisotopic (exact) mass is 234 g/mol. The fourth-order valence-electron chi connectivity index (χ4n) is 2.61. The van der Waals surface area contributed by atoms with Gasteiger partial charge in [-0.3, -0.25) is 4.79 Å². The van der Waals surface area contributed by atoms with Gasteiger partial charge in [-0.05, 0) is 43.0 Å². The van der Waals surface area contributed by atoms with E-state index >= 15 is 0 Å². The number of rotatable bonds is 3. The third-order valence-electron chi connectivity index (χ3n) is 3.73. The van der Waals surface area contributed by atoms with E-state index in [1.807, 2.05) is 6.92 Å². The molecule has 0 amide bonds. The molecule has 0 heterocycles. The summed E-state index contributed by atoms with van der Waals surface area (Å²) in [6.45, 7) is 1.87. The normalized spacial score (nSPS) is 17.1. The Kier molecular flexibility index (Phi) is 3.93. The van der Waals surface area contributed by atoms with Crippen molar-refractivity contribution in [3.05, 3.63) is 35.1 Å². The Morgan fingerprint density at radius 1 is 1.29 bits per heavy atom. The van der Waals surface area contributed by atoms with Crippen LogP contribution in [0.5, 0.6) is 0 Å². The molecule has 2 rings (SSSR count). The second kappa shape index (κ2) is 5.44. The highest BCUT2D eigenvalue weighted by molar-refractivity contribution is 5.83. The summed E-state index contributed by atoms with van der Waals surface area (Å²) < 4.78 is 13.0. The fraction of sp³-hybridized carbons (Fsp3) is 0.533. The van der Waals surface area contributed by atoms with Crippen molar-refractivity contribution in [2.45, 2.75) is 45.4 Å². The van der Waals surface area contributed by atoms with Gasteiger partial charge in [-0.25, -0.2) is 4.39 Å². The van der Waals surface area contributed by atoms with Crippen LogP contribution in [0.1, 0.15) is 43.2 Å². The lowest BCUT2D eigenvalue weighted by atomic mass is 9.84. The molecule has 17 heavy (non-hydrogen) atoms. The second-order valence-corrected chi connectivity index (χ2v) is 5.05. The summed E-state index contributed by atoms with van der Waals surface area (Å²) in [4.78, 5) is 12.1. The van der Waals surface area contributed by atoms with Crippen molar-refractivity contribution >= 4 is 5.78 Å². The number of carbonyl (C=O) groups is 1. The maximum Gasteiger partial charge on any atom is 0.140 e. The van der Waals surface area contributed by atoms with E-state index in [0.29, 0.717) is 12.2 Å². The van der Waals surface area contributed by atoms with Gasteiger partial charge < -0.3 is 0 Å². The van der Waals surface area contributed by atoms with E-state index in [-0.39, 0.29) is 11.7 Å². The number of ketones is 1. The van der Waals surface area contributed by atoms with E-state index in [1.54, 1.807) is 6.07 Å². The maximum atomic E-state index is 13.0. The molecular weight excluding hydrogens is 215 g/mol. The lowest BCUT2D eigenvalue weighted by molar-refractivity contribution is -0.123. The van der Waals surface area contributed by atoms with Crippen LogP contribution in [-0.2, 0) is 11.2 Å². The highest BCUT2D eigenvalue weighted by Gasteiger charge is 2.21. The zero-order valence-corrected chi connectivity index (χ0v) is 10.3. The molecule has 0 unspecified atom stereocenters. The van der Waals surface area contributed by atoms with Crippen molar-refractivity contribution in [2.24, 2.45) is 5.92 Å². The maximum absolute atomic E-state index is 13.0. The highest BCUT2D eigenvalue weighted by atomic mass is 19.1. The summed E-state index contributed by atoms with van der Waals surface area (Å²) in [6, 6.07) is 4.69. The third-order valence-corrected chi connectivity index (χ3v) is 3.73. The SMILES string of the molecule is Cc1cc(F)ccc1CC(=O)C1CCCCC1. The van der Waals surface area contributed by atoms with Gasteiger partial charge >= 0.3 is 0 Å². The van der Waals surface area contributed by atoms with Gasteiger partial charge in [-0.1, -0.05) is 25.3 Å². The van der Waals surface area contributed by atoms with Gasteiger partial charge in [0.25, 0.3) is 0 Å². The van der Waals surface area contributed by atoms with Gasteiger partial charge in [0.1, 0.15) is 11.6 Å². The molecule has 1 aromatic carbocycles. The number of carbonyl (C=O) groups excluding carboxylic acids is 1. The molecule has 2 heteroatoms. The molecule has 0 aromatic heterocycles. The summed E-state index contributed by atoms with van der Waals surface area (Å²) in [5.74, 6) is 0.351. The minimum Gasteiger partial charge on any atom is -0.299 e. The van der Waals surface area contributed by atoms with Crippen molar-refractivity contribution < 1.29 is 9.18 Å². The first kappa shape index (κ1) is 12.3. The largest absolute Gasteiger partial charge is 0.299 e. The van der Waals surface area contributed by atoms with Gasteiger partial charge in [0.2, 0.25) is 0 Å². The first-order valence-corrected chi connectivity index (χ1v) is 6.44. The molecule has 0 atom stereocenters. The van der Waals surface area contributed by atoms with E-state index in [2.05, 4.69) is 0 Å². The standard InChI is InChI=1S/C15H19FO/c1-11-9-14(16)8-7-13(11)10-15(17)12-5-3-2-4-6-12/h7-9,12H,2-6,10H2,1H3. The number of halogens is 1. The van der Waals surface area contributed by atoms with Crippen LogP contribution in [0.2, 0.25) is 0 Å². The predicted octanol–water partition coefficient (Wildman–Crippen LogP) is 3.83. The number of benzene rings is 1. The Balaban J connectivity index is 2.02. The van der Waals surface area contributed by atoms with Crippen LogP contribution < -0.4 is 0 Å². The van der Waals surface area contributed by atoms with Crippen LogP contribution in [0.4, 0.5) is 4.39 Å². The highest BCUT2D eigenvalue weighted by Crippen LogP contribution is 2.26. The number of hydrogen-bond donors (Lipinski definition) is 0. The molecule has 1 saturated carbocycles. The molecule has 0 radical (unpaired) electrons. The number of aryl methyl sites for hydroxylation is 1. The van der Waals surface area contributed by atoms with Crippen molar-refractivity contribution in [2.75, 3.05) is 0 Å². The van der Waals surface area contributed by atoms with Crippen LogP contribution in [0.15, 0.2) is 18.2 Å². The summed E-state index contributed by atoms with van der Waals surface area (Å²) in [5, 5.41) is 0. The minimum atomic E-state index is -0.226. The second-order valence-electron chi connectivity index (χ2n) is 5.05. The lowest BCUT2D eigenvalue weighted by Crippen LogP contribution is -2.19. The molecule has 0 bridgehead atoms. The molecule has 0 N–H and O–H groups in total. The van der Waals surface area contributed by atoms with Crippen molar-refractivity contribution in [1.29, 1.82) is 0 Å². The summed E-state index contributed by atoms with van der Waals surface area (Å²) >= 11 is 0. The molecule has 1 aliphatic carbocycles. The van der Waals surface area contributed by atoms with E-state index in [0.717, 1.165) is 24.0 Å². The van der Waals surface area contributed by atoms with Crippen molar-refractivity contribution in [1.82, 2.24) is 0 Å². The van der Waals surface area contributed by atoms with Crippen LogP contribution in [0, 0.1) is 18.7 Å². The van der Waals surface area contributed by atoms with Crippen molar-refractivity contribution in [3.8, 4) is 0 Å². The Hall–Kier alpha value is -1.18. The summed E-state index contributed by atoms with van der Waals surface area (Å²) in [6.07, 6.45) is 6.17. The number of hydrogen-bond acceptors (Lipinski definition) is 1. The van der Waals surface area contributed by atoms with Crippen LogP contribution in [-0.4, -0.2) is 5.78 Å². The summed E-state index contributed by atoms with van der Waals surface area (Å²) in [5.41, 5.74) is 1.86. The van der Waals surface area contributed by atoms with Crippen molar-refractivity contribution in [3.63, 3.8) is 0 Å². The topological polar surface area (TPSA) is 17.1 Å². The van der Waals surface area contributed by atoms with E-state index < -0.39 is 0 Å². The molecular formula is C15H19FO. The molecule has 1 aromatic rings.